The Labute approximate surface area is 175 Å². The maximum atomic E-state index is 13.1. The first-order valence-electron chi connectivity index (χ1n) is 9.87. The molecule has 1 N–H and O–H groups in total. The molecule has 1 amide bonds. The van der Waals surface area contributed by atoms with E-state index in [0.717, 1.165) is 24.0 Å². The number of hydrogen-bond acceptors (Lipinski definition) is 2. The fourth-order valence-electron chi connectivity index (χ4n) is 3.72. The summed E-state index contributed by atoms with van der Waals surface area (Å²) in [7, 11) is 4.11. The van der Waals surface area contributed by atoms with E-state index in [1.807, 2.05) is 43.4 Å². The second kappa shape index (κ2) is 8.51. The van der Waals surface area contributed by atoms with Gasteiger partial charge in [-0.3, -0.25) is 9.69 Å². The molecule has 0 unspecified atom stereocenters. The Hall–Kier alpha value is -3.44. The van der Waals surface area contributed by atoms with E-state index in [1.165, 1.54) is 23.3 Å². The average Bonchev–Trinajstić information content (AvgIpc) is 3.05. The Morgan fingerprint density at radius 3 is 2.47 bits per heavy atom. The molecule has 0 saturated heterocycles. The van der Waals surface area contributed by atoms with E-state index in [0.29, 0.717) is 11.3 Å². The van der Waals surface area contributed by atoms with Gasteiger partial charge in [0.1, 0.15) is 5.82 Å². The normalized spacial score (nSPS) is 11.2. The number of carbonyl (C=O) groups excluding carboxylic acids is 1. The summed E-state index contributed by atoms with van der Waals surface area (Å²) >= 11 is 0. The Morgan fingerprint density at radius 2 is 1.73 bits per heavy atom. The van der Waals surface area contributed by atoms with Gasteiger partial charge in [-0.05, 0) is 60.6 Å². The van der Waals surface area contributed by atoms with E-state index < -0.39 is 0 Å². The smallest absolute Gasteiger partial charge is 0.255 e. The molecule has 0 radical (unpaired) electrons. The predicted molar refractivity (Wildman–Crippen MR) is 119 cm³/mol. The SMILES string of the molecule is CN(Cc1ccccc1)Cc1cn(C)c2ccc(C(=O)Nc3ccc(F)cc3)cc12. The summed E-state index contributed by atoms with van der Waals surface area (Å²) in [5.74, 6) is -0.543. The molecule has 0 aliphatic carbocycles. The molecule has 0 aliphatic heterocycles. The highest BCUT2D eigenvalue weighted by Crippen LogP contribution is 2.24. The van der Waals surface area contributed by atoms with Crippen molar-refractivity contribution < 1.29 is 9.18 Å². The minimum atomic E-state index is -0.331. The van der Waals surface area contributed by atoms with E-state index in [4.69, 9.17) is 0 Å². The van der Waals surface area contributed by atoms with Gasteiger partial charge in [-0.15, -0.1) is 0 Å². The molecule has 0 fully saturated rings. The van der Waals surface area contributed by atoms with Crippen LogP contribution in [0.3, 0.4) is 0 Å². The zero-order chi connectivity index (χ0) is 21.1. The van der Waals surface area contributed by atoms with Crippen molar-refractivity contribution in [2.45, 2.75) is 13.1 Å². The third-order valence-corrected chi connectivity index (χ3v) is 5.17. The number of rotatable bonds is 6. The Kier molecular flexibility index (Phi) is 5.63. The zero-order valence-electron chi connectivity index (χ0n) is 17.1. The highest BCUT2D eigenvalue weighted by atomic mass is 19.1. The quantitative estimate of drug-likeness (QED) is 0.482. The van der Waals surface area contributed by atoms with Crippen LogP contribution in [0.4, 0.5) is 10.1 Å². The van der Waals surface area contributed by atoms with Gasteiger partial charge < -0.3 is 9.88 Å². The van der Waals surface area contributed by atoms with E-state index in [2.05, 4.69) is 40.2 Å². The molecular weight excluding hydrogens is 377 g/mol. The van der Waals surface area contributed by atoms with E-state index >= 15 is 0 Å². The van der Waals surface area contributed by atoms with Crippen LogP contribution in [0.25, 0.3) is 10.9 Å². The Morgan fingerprint density at radius 1 is 1.00 bits per heavy atom. The monoisotopic (exact) mass is 401 g/mol. The van der Waals surface area contributed by atoms with Gasteiger partial charge in [-0.1, -0.05) is 30.3 Å². The van der Waals surface area contributed by atoms with Crippen LogP contribution in [0.15, 0.2) is 79.0 Å². The maximum Gasteiger partial charge on any atom is 0.255 e. The largest absolute Gasteiger partial charge is 0.350 e. The molecule has 3 aromatic carbocycles. The Bertz CT molecular complexity index is 1170. The minimum absolute atomic E-state index is 0.212. The first-order valence-corrected chi connectivity index (χ1v) is 9.87. The van der Waals surface area contributed by atoms with Crippen LogP contribution in [-0.4, -0.2) is 22.4 Å². The van der Waals surface area contributed by atoms with Crippen molar-refractivity contribution in [3.05, 3.63) is 102 Å². The Balaban J connectivity index is 1.55. The number of amides is 1. The number of nitrogens with one attached hydrogen (secondary N) is 1. The molecule has 4 rings (SSSR count). The van der Waals surface area contributed by atoms with Crippen molar-refractivity contribution in [1.29, 1.82) is 0 Å². The number of fused-ring (bicyclic) bond motifs is 1. The summed E-state index contributed by atoms with van der Waals surface area (Å²) in [6.45, 7) is 1.62. The lowest BCUT2D eigenvalue weighted by atomic mass is 10.1. The highest BCUT2D eigenvalue weighted by molar-refractivity contribution is 6.06. The van der Waals surface area contributed by atoms with Gasteiger partial charge in [-0.2, -0.15) is 0 Å². The van der Waals surface area contributed by atoms with Crippen molar-refractivity contribution in [2.24, 2.45) is 7.05 Å². The molecule has 4 aromatic rings. The molecular formula is C25H24FN3O. The molecule has 1 heterocycles. The molecule has 5 heteroatoms. The number of anilines is 1. The number of aromatic nitrogens is 1. The fourth-order valence-corrected chi connectivity index (χ4v) is 3.72. The second-order valence-corrected chi connectivity index (χ2v) is 7.62. The standard InChI is InChI=1S/C25H24FN3O/c1-28(15-18-6-4-3-5-7-18)16-20-17-29(2)24-13-8-19(14-23(20)24)25(30)27-22-11-9-21(26)10-12-22/h3-14,17H,15-16H2,1-2H3,(H,27,30). The van der Waals surface area contributed by atoms with Gasteiger partial charge in [0.05, 0.1) is 0 Å². The highest BCUT2D eigenvalue weighted by Gasteiger charge is 2.13. The summed E-state index contributed by atoms with van der Waals surface area (Å²) in [6, 6.07) is 21.8. The molecule has 30 heavy (non-hydrogen) atoms. The van der Waals surface area contributed by atoms with Crippen LogP contribution in [0.1, 0.15) is 21.5 Å². The summed E-state index contributed by atoms with van der Waals surface area (Å²) in [5.41, 5.74) is 4.65. The minimum Gasteiger partial charge on any atom is -0.350 e. The number of nitrogens with zero attached hydrogens (tertiary/aromatic N) is 2. The van der Waals surface area contributed by atoms with Gasteiger partial charge >= 0.3 is 0 Å². The summed E-state index contributed by atoms with van der Waals surface area (Å²) < 4.78 is 15.2. The number of hydrogen-bond donors (Lipinski definition) is 1. The van der Waals surface area contributed by atoms with Crippen molar-refractivity contribution in [3.63, 3.8) is 0 Å². The molecule has 0 saturated carbocycles. The van der Waals surface area contributed by atoms with Crippen LogP contribution < -0.4 is 5.32 Å². The molecule has 0 aliphatic rings. The first-order chi connectivity index (χ1) is 14.5. The molecule has 0 bridgehead atoms. The maximum absolute atomic E-state index is 13.1. The van der Waals surface area contributed by atoms with Crippen LogP contribution in [0.5, 0.6) is 0 Å². The first kappa shape index (κ1) is 19.9. The fraction of sp³-hybridized carbons (Fsp3) is 0.160. The number of carbonyl (C=O) groups is 1. The number of benzene rings is 3. The number of aryl methyl sites for hydroxylation is 1. The van der Waals surface area contributed by atoms with Crippen LogP contribution in [-0.2, 0) is 20.1 Å². The van der Waals surface area contributed by atoms with Gasteiger partial charge in [-0.25, -0.2) is 4.39 Å². The predicted octanol–water partition coefficient (Wildman–Crippen LogP) is 5.20. The van der Waals surface area contributed by atoms with Gasteiger partial charge in [0.2, 0.25) is 0 Å². The van der Waals surface area contributed by atoms with E-state index in [-0.39, 0.29) is 11.7 Å². The third-order valence-electron chi connectivity index (χ3n) is 5.17. The van der Waals surface area contributed by atoms with Crippen LogP contribution >= 0.6 is 0 Å². The molecule has 0 atom stereocenters. The lowest BCUT2D eigenvalue weighted by molar-refractivity contribution is 0.102. The van der Waals surface area contributed by atoms with E-state index in [1.54, 1.807) is 12.1 Å². The topological polar surface area (TPSA) is 37.3 Å². The van der Waals surface area contributed by atoms with Crippen molar-refractivity contribution >= 4 is 22.5 Å². The number of halogens is 1. The van der Waals surface area contributed by atoms with Crippen LogP contribution in [0, 0.1) is 5.82 Å². The summed E-state index contributed by atoms with van der Waals surface area (Å²) in [6.07, 6.45) is 2.12. The second-order valence-electron chi connectivity index (χ2n) is 7.62. The lowest BCUT2D eigenvalue weighted by Crippen LogP contribution is -2.17. The summed E-state index contributed by atoms with van der Waals surface area (Å²) in [4.78, 5) is 15.0. The lowest BCUT2D eigenvalue weighted by Gasteiger charge is -2.16. The van der Waals surface area contributed by atoms with E-state index in [9.17, 15) is 9.18 Å². The van der Waals surface area contributed by atoms with Crippen molar-refractivity contribution in [2.75, 3.05) is 12.4 Å². The summed E-state index contributed by atoms with van der Waals surface area (Å²) in [5, 5.41) is 3.89. The molecule has 1 aromatic heterocycles. The van der Waals surface area contributed by atoms with Crippen LogP contribution in [0.2, 0.25) is 0 Å². The van der Waals surface area contributed by atoms with Crippen molar-refractivity contribution in [1.82, 2.24) is 9.47 Å². The van der Waals surface area contributed by atoms with Gasteiger partial charge in [0.15, 0.2) is 0 Å². The van der Waals surface area contributed by atoms with Crippen molar-refractivity contribution in [3.8, 4) is 0 Å². The third kappa shape index (κ3) is 4.42. The molecule has 4 nitrogen and oxygen atoms in total. The van der Waals surface area contributed by atoms with Gasteiger partial charge in [0, 0.05) is 48.5 Å². The molecule has 152 valence electrons. The van der Waals surface area contributed by atoms with Gasteiger partial charge in [0.25, 0.3) is 5.91 Å². The average molecular weight is 401 g/mol. The zero-order valence-corrected chi connectivity index (χ0v) is 17.1. The molecule has 0 spiro atoms.